The first kappa shape index (κ1) is 14.9. The van der Waals surface area contributed by atoms with Crippen LogP contribution in [0.1, 0.15) is 38.4 Å². The number of rotatable bonds is 4. The van der Waals surface area contributed by atoms with Crippen molar-refractivity contribution in [2.45, 2.75) is 39.2 Å². The zero-order valence-corrected chi connectivity index (χ0v) is 14.6. The van der Waals surface area contributed by atoms with E-state index in [2.05, 4.69) is 34.3 Å². The van der Waals surface area contributed by atoms with E-state index in [0.717, 1.165) is 33.9 Å². The van der Waals surface area contributed by atoms with Gasteiger partial charge in [-0.15, -0.1) is 0 Å². The number of hydrogen-bond donors (Lipinski definition) is 1. The van der Waals surface area contributed by atoms with Crippen molar-refractivity contribution in [3.63, 3.8) is 0 Å². The van der Waals surface area contributed by atoms with Crippen molar-refractivity contribution < 1.29 is 0 Å². The molecule has 1 aliphatic carbocycles. The molecule has 1 aliphatic rings. The minimum atomic E-state index is 0.532. The molecule has 0 atom stereocenters. The highest BCUT2D eigenvalue weighted by molar-refractivity contribution is 9.10. The number of benzene rings is 1. The molecule has 1 saturated carbocycles. The van der Waals surface area contributed by atoms with Crippen LogP contribution in [0.15, 0.2) is 22.7 Å². The van der Waals surface area contributed by atoms with Crippen LogP contribution in [0.4, 0.5) is 5.82 Å². The Bertz CT molecular complexity index is 674. The number of nitrogens with two attached hydrogens (primary N) is 1. The Morgan fingerprint density at radius 1 is 1.43 bits per heavy atom. The van der Waals surface area contributed by atoms with E-state index in [1.807, 2.05) is 18.2 Å². The van der Waals surface area contributed by atoms with Gasteiger partial charge in [-0.05, 0) is 37.0 Å². The summed E-state index contributed by atoms with van der Waals surface area (Å²) in [6.07, 6.45) is 2.42. The van der Waals surface area contributed by atoms with Gasteiger partial charge in [0.05, 0.1) is 5.02 Å². The van der Waals surface area contributed by atoms with Crippen LogP contribution in [0.25, 0.3) is 11.3 Å². The van der Waals surface area contributed by atoms with Gasteiger partial charge in [0.25, 0.3) is 0 Å². The molecule has 1 heterocycles. The third-order valence-electron chi connectivity index (χ3n) is 3.71. The Morgan fingerprint density at radius 2 is 2.14 bits per heavy atom. The summed E-state index contributed by atoms with van der Waals surface area (Å²) in [6, 6.07) is 5.78. The zero-order valence-electron chi connectivity index (χ0n) is 12.2. The summed E-state index contributed by atoms with van der Waals surface area (Å²) in [5.41, 5.74) is 8.10. The summed E-state index contributed by atoms with van der Waals surface area (Å²) in [4.78, 5) is 4.83. The van der Waals surface area contributed by atoms with Crippen molar-refractivity contribution in [2.75, 3.05) is 5.73 Å². The SMILES string of the molecule is CC(C)Cn1c(C2CC2)nc(-c2cc(Br)ccc2Cl)c1N. The molecule has 0 spiro atoms. The van der Waals surface area contributed by atoms with Crippen molar-refractivity contribution in [3.05, 3.63) is 33.5 Å². The van der Waals surface area contributed by atoms with E-state index in [-0.39, 0.29) is 0 Å². The van der Waals surface area contributed by atoms with E-state index in [1.165, 1.54) is 12.8 Å². The largest absolute Gasteiger partial charge is 0.383 e. The van der Waals surface area contributed by atoms with Gasteiger partial charge in [0.2, 0.25) is 0 Å². The van der Waals surface area contributed by atoms with E-state index in [4.69, 9.17) is 22.3 Å². The highest BCUT2D eigenvalue weighted by atomic mass is 79.9. The Morgan fingerprint density at radius 3 is 2.76 bits per heavy atom. The first-order chi connectivity index (χ1) is 9.97. The minimum Gasteiger partial charge on any atom is -0.383 e. The summed E-state index contributed by atoms with van der Waals surface area (Å²) in [5, 5.41) is 0.682. The number of nitrogens with zero attached hydrogens (tertiary/aromatic N) is 2. The van der Waals surface area contributed by atoms with Gasteiger partial charge in [-0.3, -0.25) is 0 Å². The van der Waals surface area contributed by atoms with Crippen LogP contribution < -0.4 is 5.73 Å². The average Bonchev–Trinajstić information content (AvgIpc) is 3.21. The number of nitrogen functional groups attached to an aromatic ring is 1. The monoisotopic (exact) mass is 367 g/mol. The lowest BCUT2D eigenvalue weighted by Gasteiger charge is -2.12. The second kappa shape index (κ2) is 5.65. The van der Waals surface area contributed by atoms with Crippen molar-refractivity contribution in [3.8, 4) is 11.3 Å². The predicted molar refractivity (Wildman–Crippen MR) is 91.6 cm³/mol. The fraction of sp³-hybridized carbons (Fsp3) is 0.438. The maximum Gasteiger partial charge on any atom is 0.131 e. The number of halogens is 2. The van der Waals surface area contributed by atoms with E-state index in [0.29, 0.717) is 16.9 Å². The van der Waals surface area contributed by atoms with Crippen LogP contribution >= 0.6 is 27.5 Å². The van der Waals surface area contributed by atoms with E-state index in [9.17, 15) is 0 Å². The summed E-state index contributed by atoms with van der Waals surface area (Å²) >= 11 is 9.83. The van der Waals surface area contributed by atoms with Gasteiger partial charge in [0.15, 0.2) is 0 Å². The molecule has 0 saturated heterocycles. The number of anilines is 1. The molecular formula is C16H19BrClN3. The molecule has 2 aromatic rings. The molecule has 112 valence electrons. The molecule has 0 aliphatic heterocycles. The Hall–Kier alpha value is -1.00. The van der Waals surface area contributed by atoms with Gasteiger partial charge in [-0.1, -0.05) is 41.4 Å². The summed E-state index contributed by atoms with van der Waals surface area (Å²) in [6.45, 7) is 5.29. The molecule has 3 nitrogen and oxygen atoms in total. The highest BCUT2D eigenvalue weighted by Gasteiger charge is 2.31. The summed E-state index contributed by atoms with van der Waals surface area (Å²) in [7, 11) is 0. The van der Waals surface area contributed by atoms with Gasteiger partial charge in [0.1, 0.15) is 17.3 Å². The standard InChI is InChI=1S/C16H19BrClN3/c1-9(2)8-21-15(19)14(20-16(21)10-3-4-10)12-7-11(17)5-6-13(12)18/h5-7,9-10H,3-4,8,19H2,1-2H3. The van der Waals surface area contributed by atoms with Crippen LogP contribution in [0.2, 0.25) is 5.02 Å². The summed E-state index contributed by atoms with van der Waals surface area (Å²) < 4.78 is 3.15. The van der Waals surface area contributed by atoms with Crippen molar-refractivity contribution >= 4 is 33.3 Å². The molecule has 0 bridgehead atoms. The van der Waals surface area contributed by atoms with Crippen LogP contribution in [0, 0.1) is 5.92 Å². The van der Waals surface area contributed by atoms with E-state index in [1.54, 1.807) is 0 Å². The normalized spacial score (nSPS) is 14.9. The van der Waals surface area contributed by atoms with E-state index >= 15 is 0 Å². The topological polar surface area (TPSA) is 43.8 Å². The third kappa shape index (κ3) is 2.97. The first-order valence-corrected chi connectivity index (χ1v) is 8.45. The van der Waals surface area contributed by atoms with Gasteiger partial charge in [-0.2, -0.15) is 0 Å². The minimum absolute atomic E-state index is 0.532. The van der Waals surface area contributed by atoms with E-state index < -0.39 is 0 Å². The van der Waals surface area contributed by atoms with Crippen LogP contribution in [-0.2, 0) is 6.54 Å². The van der Waals surface area contributed by atoms with Gasteiger partial charge in [0, 0.05) is 22.5 Å². The molecule has 1 fully saturated rings. The maximum absolute atomic E-state index is 6.40. The van der Waals surface area contributed by atoms with Crippen LogP contribution in [0.3, 0.4) is 0 Å². The Balaban J connectivity index is 2.12. The van der Waals surface area contributed by atoms with Crippen molar-refractivity contribution in [1.29, 1.82) is 0 Å². The van der Waals surface area contributed by atoms with Crippen LogP contribution in [0.5, 0.6) is 0 Å². The first-order valence-electron chi connectivity index (χ1n) is 7.28. The van der Waals surface area contributed by atoms with Gasteiger partial charge >= 0.3 is 0 Å². The van der Waals surface area contributed by atoms with Gasteiger partial charge < -0.3 is 10.3 Å². The predicted octanol–water partition coefficient (Wildman–Crippen LogP) is 5.08. The third-order valence-corrected chi connectivity index (χ3v) is 4.53. The highest BCUT2D eigenvalue weighted by Crippen LogP contribution is 2.43. The lowest BCUT2D eigenvalue weighted by atomic mass is 10.1. The van der Waals surface area contributed by atoms with Crippen molar-refractivity contribution in [2.24, 2.45) is 5.92 Å². The molecule has 0 radical (unpaired) electrons. The van der Waals surface area contributed by atoms with Gasteiger partial charge in [-0.25, -0.2) is 4.98 Å². The second-order valence-electron chi connectivity index (χ2n) is 6.11. The number of aromatic nitrogens is 2. The number of hydrogen-bond acceptors (Lipinski definition) is 2. The molecule has 0 amide bonds. The lowest BCUT2D eigenvalue weighted by molar-refractivity contribution is 0.512. The summed E-state index contributed by atoms with van der Waals surface area (Å²) in [5.74, 6) is 2.94. The number of imidazole rings is 1. The smallest absolute Gasteiger partial charge is 0.131 e. The molecule has 5 heteroatoms. The fourth-order valence-electron chi connectivity index (χ4n) is 2.57. The fourth-order valence-corrected chi connectivity index (χ4v) is 3.14. The average molecular weight is 369 g/mol. The molecule has 3 rings (SSSR count). The van der Waals surface area contributed by atoms with Crippen molar-refractivity contribution in [1.82, 2.24) is 9.55 Å². The molecule has 2 N–H and O–H groups in total. The Kier molecular flexibility index (Phi) is 4.02. The maximum atomic E-state index is 6.40. The lowest BCUT2D eigenvalue weighted by Crippen LogP contribution is -2.10. The molecule has 1 aromatic heterocycles. The molecule has 21 heavy (non-hydrogen) atoms. The second-order valence-corrected chi connectivity index (χ2v) is 7.43. The molecule has 1 aromatic carbocycles. The quantitative estimate of drug-likeness (QED) is 0.817. The van der Waals surface area contributed by atoms with Crippen LogP contribution in [-0.4, -0.2) is 9.55 Å². The zero-order chi connectivity index (χ0) is 15.1. The molecule has 0 unspecified atom stereocenters. The molecular weight excluding hydrogens is 350 g/mol. The Labute approximate surface area is 138 Å².